The Kier molecular flexibility index (Phi) is 5.46. The Labute approximate surface area is 110 Å². The minimum absolute atomic E-state index is 0.0975. The van der Waals surface area contributed by atoms with Crippen molar-refractivity contribution in [2.45, 2.75) is 18.4 Å². The van der Waals surface area contributed by atoms with Gasteiger partial charge in [-0.25, -0.2) is 4.39 Å². The van der Waals surface area contributed by atoms with Gasteiger partial charge >= 0.3 is 12.6 Å². The summed E-state index contributed by atoms with van der Waals surface area (Å²) in [5.74, 6) is -1.68. The van der Waals surface area contributed by atoms with Crippen LogP contribution in [0.1, 0.15) is 11.1 Å². The first kappa shape index (κ1) is 14.8. The van der Waals surface area contributed by atoms with Crippen molar-refractivity contribution in [3.05, 3.63) is 29.1 Å². The molecule has 3 nitrogen and oxygen atoms in total. The lowest BCUT2D eigenvalue weighted by atomic mass is 10.0. The van der Waals surface area contributed by atoms with E-state index in [2.05, 4.69) is 25.4 Å². The van der Waals surface area contributed by atoms with Crippen LogP contribution in [0, 0.1) is 5.82 Å². The second-order valence-electron chi connectivity index (χ2n) is 3.31. The fraction of sp³-hybridized carbons (Fsp3) is 0.364. The van der Waals surface area contributed by atoms with Gasteiger partial charge in [-0.2, -0.15) is 8.78 Å². The Hall–Kier alpha value is -1.24. The third-order valence-corrected chi connectivity index (χ3v) is 2.78. The van der Waals surface area contributed by atoms with Crippen LogP contribution in [0.3, 0.4) is 0 Å². The monoisotopic (exact) mass is 326 g/mol. The molecule has 100 valence electrons. The molecule has 0 bridgehead atoms. The number of hydrogen-bond donors (Lipinski definition) is 0. The van der Waals surface area contributed by atoms with Crippen molar-refractivity contribution in [3.8, 4) is 5.75 Å². The molecule has 0 aromatic heterocycles. The predicted octanol–water partition coefficient (Wildman–Crippen LogP) is 3.04. The number of hydrogen-bond acceptors (Lipinski definition) is 3. The van der Waals surface area contributed by atoms with Crippen LogP contribution in [0.25, 0.3) is 0 Å². The molecular formula is C11H10BrF3O3. The summed E-state index contributed by atoms with van der Waals surface area (Å²) < 4.78 is 46.3. The number of methoxy groups -OCH3 is 1. The molecule has 0 unspecified atom stereocenters. The van der Waals surface area contributed by atoms with Crippen molar-refractivity contribution >= 4 is 21.9 Å². The molecule has 0 spiro atoms. The highest BCUT2D eigenvalue weighted by Gasteiger charge is 2.16. The average molecular weight is 327 g/mol. The summed E-state index contributed by atoms with van der Waals surface area (Å²) in [5, 5.41) is 0.205. The van der Waals surface area contributed by atoms with E-state index in [0.717, 1.165) is 6.07 Å². The molecule has 0 atom stereocenters. The van der Waals surface area contributed by atoms with E-state index >= 15 is 0 Å². The van der Waals surface area contributed by atoms with Crippen molar-refractivity contribution in [1.82, 2.24) is 0 Å². The van der Waals surface area contributed by atoms with Crippen LogP contribution in [0.2, 0.25) is 0 Å². The number of benzene rings is 1. The summed E-state index contributed by atoms with van der Waals surface area (Å²) in [5.41, 5.74) is 0.455. The summed E-state index contributed by atoms with van der Waals surface area (Å²) in [6, 6.07) is 2.07. The zero-order valence-electron chi connectivity index (χ0n) is 9.38. The van der Waals surface area contributed by atoms with Crippen LogP contribution in [-0.2, 0) is 21.3 Å². The lowest BCUT2D eigenvalue weighted by molar-refractivity contribution is -0.139. The zero-order chi connectivity index (χ0) is 13.7. The second-order valence-corrected chi connectivity index (χ2v) is 3.87. The number of carbonyl (C=O) groups excluding carboxylic acids is 1. The lowest BCUT2D eigenvalue weighted by Crippen LogP contribution is -2.10. The van der Waals surface area contributed by atoms with Gasteiger partial charge in [-0.3, -0.25) is 4.79 Å². The van der Waals surface area contributed by atoms with Gasteiger partial charge in [0.2, 0.25) is 0 Å². The number of alkyl halides is 3. The molecule has 18 heavy (non-hydrogen) atoms. The van der Waals surface area contributed by atoms with E-state index in [1.54, 1.807) is 0 Å². The van der Waals surface area contributed by atoms with E-state index in [4.69, 9.17) is 0 Å². The number of ether oxygens (including phenoxy) is 2. The fourth-order valence-electron chi connectivity index (χ4n) is 1.37. The molecule has 0 aliphatic heterocycles. The normalized spacial score (nSPS) is 10.6. The SMILES string of the molecule is COC(=O)Cc1c(F)cc(OC(F)F)cc1CBr. The number of rotatable bonds is 5. The molecule has 0 radical (unpaired) electrons. The van der Waals surface area contributed by atoms with E-state index in [0.29, 0.717) is 5.56 Å². The molecule has 0 aliphatic rings. The molecule has 1 aromatic rings. The van der Waals surface area contributed by atoms with E-state index in [-0.39, 0.29) is 23.1 Å². The van der Waals surface area contributed by atoms with Crippen LogP contribution in [0.4, 0.5) is 13.2 Å². The minimum atomic E-state index is -3.03. The highest BCUT2D eigenvalue weighted by molar-refractivity contribution is 9.08. The summed E-state index contributed by atoms with van der Waals surface area (Å²) in [6.07, 6.45) is -0.266. The van der Waals surface area contributed by atoms with Gasteiger partial charge in [-0.15, -0.1) is 0 Å². The van der Waals surface area contributed by atoms with E-state index < -0.39 is 18.4 Å². The second kappa shape index (κ2) is 6.63. The number of halogens is 4. The highest BCUT2D eigenvalue weighted by Crippen LogP contribution is 2.25. The maximum atomic E-state index is 13.7. The lowest BCUT2D eigenvalue weighted by Gasteiger charge is -2.11. The predicted molar refractivity (Wildman–Crippen MR) is 61.4 cm³/mol. The third-order valence-electron chi connectivity index (χ3n) is 2.18. The van der Waals surface area contributed by atoms with Gasteiger partial charge in [0.15, 0.2) is 0 Å². The van der Waals surface area contributed by atoms with Crippen LogP contribution in [0.5, 0.6) is 5.75 Å². The van der Waals surface area contributed by atoms with E-state index in [1.165, 1.54) is 13.2 Å². The van der Waals surface area contributed by atoms with Crippen molar-refractivity contribution in [1.29, 1.82) is 0 Å². The minimum Gasteiger partial charge on any atom is -0.469 e. The summed E-state index contributed by atoms with van der Waals surface area (Å²) in [6.45, 7) is -3.03. The molecular weight excluding hydrogens is 317 g/mol. The highest BCUT2D eigenvalue weighted by atomic mass is 79.9. The average Bonchev–Trinajstić information content (AvgIpc) is 2.31. The molecule has 0 aliphatic carbocycles. The first-order valence-corrected chi connectivity index (χ1v) is 5.99. The Morgan fingerprint density at radius 2 is 2.11 bits per heavy atom. The van der Waals surface area contributed by atoms with Crippen molar-refractivity contribution in [2.24, 2.45) is 0 Å². The summed E-state index contributed by atoms with van der Waals surface area (Å²) in [7, 11) is 1.18. The Morgan fingerprint density at radius 3 is 2.61 bits per heavy atom. The first-order valence-electron chi connectivity index (χ1n) is 4.86. The Balaban J connectivity index is 3.07. The van der Waals surface area contributed by atoms with E-state index in [1.807, 2.05) is 0 Å². The van der Waals surface area contributed by atoms with E-state index in [9.17, 15) is 18.0 Å². The Morgan fingerprint density at radius 1 is 1.44 bits per heavy atom. The maximum absolute atomic E-state index is 13.7. The molecule has 0 fully saturated rings. The van der Waals surface area contributed by atoms with Crippen LogP contribution in [0.15, 0.2) is 12.1 Å². The molecule has 0 heterocycles. The fourth-order valence-corrected chi connectivity index (χ4v) is 1.87. The number of esters is 1. The van der Waals surface area contributed by atoms with Gasteiger partial charge in [0, 0.05) is 17.0 Å². The van der Waals surface area contributed by atoms with Gasteiger partial charge in [-0.1, -0.05) is 15.9 Å². The quantitative estimate of drug-likeness (QED) is 0.616. The van der Waals surface area contributed by atoms with Crippen LogP contribution < -0.4 is 4.74 Å². The maximum Gasteiger partial charge on any atom is 0.387 e. The molecule has 1 aromatic carbocycles. The van der Waals surface area contributed by atoms with Crippen molar-refractivity contribution < 1.29 is 27.4 Å². The van der Waals surface area contributed by atoms with Gasteiger partial charge in [0.05, 0.1) is 13.5 Å². The van der Waals surface area contributed by atoms with Gasteiger partial charge in [0.25, 0.3) is 0 Å². The molecule has 0 amide bonds. The summed E-state index contributed by atoms with van der Waals surface area (Å²) in [4.78, 5) is 11.1. The topological polar surface area (TPSA) is 35.5 Å². The van der Waals surface area contributed by atoms with Gasteiger partial charge < -0.3 is 9.47 Å². The zero-order valence-corrected chi connectivity index (χ0v) is 11.0. The first-order chi connectivity index (χ1) is 8.47. The third kappa shape index (κ3) is 3.90. The van der Waals surface area contributed by atoms with Crippen LogP contribution >= 0.6 is 15.9 Å². The molecule has 0 saturated heterocycles. The molecule has 0 saturated carbocycles. The van der Waals surface area contributed by atoms with Gasteiger partial charge in [0.1, 0.15) is 11.6 Å². The molecule has 0 N–H and O–H groups in total. The number of carbonyl (C=O) groups is 1. The van der Waals surface area contributed by atoms with Crippen molar-refractivity contribution in [3.63, 3.8) is 0 Å². The molecule has 7 heteroatoms. The Bertz CT molecular complexity index is 438. The largest absolute Gasteiger partial charge is 0.469 e. The molecule has 1 rings (SSSR count). The van der Waals surface area contributed by atoms with Gasteiger partial charge in [-0.05, 0) is 11.6 Å². The smallest absolute Gasteiger partial charge is 0.387 e. The van der Waals surface area contributed by atoms with Crippen LogP contribution in [-0.4, -0.2) is 19.7 Å². The van der Waals surface area contributed by atoms with Crippen molar-refractivity contribution in [2.75, 3.05) is 7.11 Å². The standard InChI is InChI=1S/C11H10BrF3O3/c1-17-10(16)4-8-6(5-12)2-7(3-9(8)13)18-11(14)15/h2-3,11H,4-5H2,1H3. The summed E-state index contributed by atoms with van der Waals surface area (Å²) >= 11 is 3.09.